The number of furan rings is 1. The molecule has 0 spiro atoms. The Hall–Kier alpha value is -5.92. The van der Waals surface area contributed by atoms with Crippen LogP contribution in [0.3, 0.4) is 0 Å². The Balaban J connectivity index is 0.000000205. The minimum atomic E-state index is -2.24. The molecule has 0 aliphatic rings. The number of hydrogen-bond donors (Lipinski definition) is 0. The smallest absolute Gasteiger partial charge is 0 e. The van der Waals surface area contributed by atoms with Crippen molar-refractivity contribution in [2.45, 2.75) is 70.6 Å². The van der Waals surface area contributed by atoms with Gasteiger partial charge in [0.05, 0.1) is 22.4 Å². The van der Waals surface area contributed by atoms with Gasteiger partial charge in [-0.05, 0) is 50.7 Å². The van der Waals surface area contributed by atoms with E-state index in [0.29, 0.717) is 5.71 Å². The average molecular weight is 1100 g/mol. The summed E-state index contributed by atoms with van der Waals surface area (Å²) < 4.78 is 27.5. The predicted molar refractivity (Wildman–Crippen MR) is 276 cm³/mol. The van der Waals surface area contributed by atoms with E-state index in [2.05, 4.69) is 157 Å². The van der Waals surface area contributed by atoms with Crippen molar-refractivity contribution >= 4 is 83.1 Å². The molecule has 0 saturated carbocycles. The summed E-state index contributed by atoms with van der Waals surface area (Å²) in [5.74, 6) is 7.65. The molecule has 0 N–H and O–H groups in total. The first kappa shape index (κ1) is 42.7. The number of fused-ring (bicyclic) bond motifs is 10. The zero-order chi connectivity index (χ0) is 47.0. The van der Waals surface area contributed by atoms with Crippen LogP contribution in [-0.4, -0.2) is 32.8 Å². The van der Waals surface area contributed by atoms with Gasteiger partial charge in [0, 0.05) is 48.1 Å². The van der Waals surface area contributed by atoms with E-state index in [1.54, 1.807) is 0 Å². The fraction of sp³-hybridized carbons (Fsp3) is 0.203. The molecule has 331 valence electrons. The number of benzene rings is 7. The van der Waals surface area contributed by atoms with Crippen LogP contribution in [0.5, 0.6) is 0 Å². The van der Waals surface area contributed by atoms with Crippen LogP contribution < -0.4 is 4.40 Å². The van der Waals surface area contributed by atoms with Crippen molar-refractivity contribution in [2.24, 2.45) is 5.41 Å². The second-order valence-electron chi connectivity index (χ2n) is 20.1. The van der Waals surface area contributed by atoms with E-state index in [1.807, 2.05) is 75.6 Å². The molecule has 0 aliphatic carbocycles. The molecule has 4 aromatic heterocycles. The maximum absolute atomic E-state index is 8.76. The third-order valence-corrected chi connectivity index (χ3v) is 16.4. The molecule has 0 bridgehead atoms. The summed E-state index contributed by atoms with van der Waals surface area (Å²) in [5.41, 5.74) is 8.58. The molecule has 0 aliphatic heterocycles. The fourth-order valence-electron chi connectivity index (χ4n) is 8.96. The van der Waals surface area contributed by atoms with Crippen molar-refractivity contribution in [1.82, 2.24) is 19.5 Å². The van der Waals surface area contributed by atoms with Crippen LogP contribution >= 0.6 is 0 Å². The molecular formula is C59H54GeIrN4O-2. The molecule has 66 heavy (non-hydrogen) atoms. The van der Waals surface area contributed by atoms with Gasteiger partial charge >= 0.3 is 135 Å². The van der Waals surface area contributed by atoms with Crippen molar-refractivity contribution in [1.29, 1.82) is 0 Å². The fourth-order valence-corrected chi connectivity index (χ4v) is 11.9. The number of rotatable bonds is 5. The number of nitrogens with zero attached hydrogens (tertiary/aromatic N) is 4. The summed E-state index contributed by atoms with van der Waals surface area (Å²) in [6, 6.07) is 55.0. The number of imidazole rings is 1. The third kappa shape index (κ3) is 8.52. The van der Waals surface area contributed by atoms with Gasteiger partial charge in [0.1, 0.15) is 0 Å². The van der Waals surface area contributed by atoms with Gasteiger partial charge in [-0.3, -0.25) is 4.98 Å². The number of aromatic nitrogens is 4. The van der Waals surface area contributed by atoms with Crippen LogP contribution in [0.2, 0.25) is 17.3 Å². The zero-order valence-electron chi connectivity index (χ0n) is 41.0. The summed E-state index contributed by atoms with van der Waals surface area (Å²) in [4.78, 5) is 14.7. The topological polar surface area (TPSA) is 56.7 Å². The van der Waals surface area contributed by atoms with Gasteiger partial charge in [-0.25, -0.2) is 4.98 Å². The van der Waals surface area contributed by atoms with Gasteiger partial charge in [0.2, 0.25) is 5.71 Å². The van der Waals surface area contributed by atoms with Gasteiger partial charge in [0.15, 0.2) is 0 Å². The van der Waals surface area contributed by atoms with Gasteiger partial charge < -0.3 is 8.98 Å². The van der Waals surface area contributed by atoms with Gasteiger partial charge in [0.25, 0.3) is 0 Å². The monoisotopic (exact) mass is 1100 g/mol. The van der Waals surface area contributed by atoms with Crippen LogP contribution in [-0.2, 0) is 31.9 Å². The van der Waals surface area contributed by atoms with Gasteiger partial charge in [-0.1, -0.05) is 111 Å². The molecule has 7 aromatic carbocycles. The molecule has 0 atom stereocenters. The Morgan fingerprint density at radius 3 is 2.09 bits per heavy atom. The first-order valence-electron chi connectivity index (χ1n) is 23.4. The van der Waals surface area contributed by atoms with Crippen LogP contribution in [0.15, 0.2) is 156 Å². The molecule has 11 aromatic rings. The molecule has 0 saturated heterocycles. The van der Waals surface area contributed by atoms with Crippen molar-refractivity contribution < 1.29 is 27.3 Å². The van der Waals surface area contributed by atoms with Gasteiger partial charge in [-0.15, -0.1) is 18.2 Å². The molecule has 0 fully saturated rings. The van der Waals surface area contributed by atoms with E-state index >= 15 is 0 Å². The molecule has 7 heteroatoms. The van der Waals surface area contributed by atoms with Crippen LogP contribution in [0.25, 0.3) is 93.8 Å². The molecule has 11 rings (SSSR count). The van der Waals surface area contributed by atoms with E-state index in [1.165, 1.54) is 21.7 Å². The maximum atomic E-state index is 8.76. The van der Waals surface area contributed by atoms with E-state index in [-0.39, 0.29) is 25.5 Å². The van der Waals surface area contributed by atoms with Crippen LogP contribution in [0.1, 0.15) is 55.4 Å². The normalized spacial score (nSPS) is 12.9. The van der Waals surface area contributed by atoms with Gasteiger partial charge in [-0.2, -0.15) is 0 Å². The minimum Gasteiger partial charge on any atom is 0 e. The molecule has 1 radical (unpaired) electrons. The average Bonchev–Trinajstić information content (AvgIpc) is 3.90. The zero-order valence-corrected chi connectivity index (χ0v) is 43.5. The van der Waals surface area contributed by atoms with Crippen molar-refractivity contribution in [3.8, 4) is 28.3 Å². The summed E-state index contributed by atoms with van der Waals surface area (Å²) in [6.45, 7) is 12.6. The van der Waals surface area contributed by atoms with Crippen molar-refractivity contribution in [3.05, 3.63) is 175 Å². The van der Waals surface area contributed by atoms with Crippen LogP contribution in [0.4, 0.5) is 0 Å². The predicted octanol–water partition coefficient (Wildman–Crippen LogP) is 15.2. The Kier molecular flexibility index (Phi) is 11.2. The Morgan fingerprint density at radius 1 is 0.667 bits per heavy atom. The Morgan fingerprint density at radius 2 is 1.38 bits per heavy atom. The first-order valence-corrected chi connectivity index (χ1v) is 29.8. The summed E-state index contributed by atoms with van der Waals surface area (Å²) in [6.07, 6.45) is 2.38. The molecular weight excluding hydrogens is 1050 g/mol. The first-order chi connectivity index (χ1) is 31.9. The molecule has 0 unspecified atom stereocenters. The van der Waals surface area contributed by atoms with Crippen molar-refractivity contribution in [2.75, 3.05) is 0 Å². The van der Waals surface area contributed by atoms with E-state index < -0.39 is 25.1 Å². The Bertz CT molecular complexity index is 3670. The standard InChI is InChI=1S/C40H28N3O.C19H26GeN.Ir/c1-40(2,3)26-16-18-27(19-17-26)43-34-22-21-30-28-11-6-4-9-24(28)15-20-31(30)36(34)42-38(43)33-14-8-13-32-35-29-12-7-5-10-25(29)23-41-39(35)44-37(32)33;1-19(2,3)13-16-12-18(15-10-8-7-9-11-15)21-14-17(16)20(4,5)6;/h4-13,15-23H,1-3H3;7-10,12,14H,13H2,1-6H3;/q2*-1;/i;13D2;. The summed E-state index contributed by atoms with van der Waals surface area (Å²) in [5, 5.41) is 8.99. The molecule has 4 heterocycles. The maximum Gasteiger partial charge on any atom is 0 e. The van der Waals surface area contributed by atoms with E-state index in [4.69, 9.17) is 17.1 Å². The number of pyridine rings is 2. The second kappa shape index (κ2) is 17.4. The summed E-state index contributed by atoms with van der Waals surface area (Å²) in [7, 11) is 0. The largest absolute Gasteiger partial charge is 0 e. The van der Waals surface area contributed by atoms with Crippen molar-refractivity contribution in [3.63, 3.8) is 0 Å². The summed E-state index contributed by atoms with van der Waals surface area (Å²) >= 11 is -2.24. The molecule has 5 nitrogen and oxygen atoms in total. The molecule has 0 amide bonds. The quantitative estimate of drug-likeness (QED) is 0.0979. The second-order valence-corrected chi connectivity index (χ2v) is 30.7. The van der Waals surface area contributed by atoms with Crippen LogP contribution in [0, 0.1) is 17.5 Å². The third-order valence-electron chi connectivity index (χ3n) is 12.2. The Labute approximate surface area is 406 Å². The van der Waals surface area contributed by atoms with E-state index in [0.717, 1.165) is 81.8 Å². The minimum absolute atomic E-state index is 0. The number of hydrogen-bond acceptors (Lipinski definition) is 4. The van der Waals surface area contributed by atoms with E-state index in [9.17, 15) is 0 Å². The SMILES string of the molecule is CC(C)(C)c1ccc(-n2c(-c3[c-]ccc4c3oc3ncc5ccccc5c34)nc3c4ccc5ccccc5c4ccc32)cc1.[2H]C([2H])(c1cc(-c2[c-]cccc2)nc[c]1[Ge]([CH3])([CH3])[CH3])C(C)(C)C.[Ir].